The molecule has 11 heavy (non-hydrogen) atoms. The number of rotatable bonds is 2. The van der Waals surface area contributed by atoms with Crippen molar-refractivity contribution in [1.29, 1.82) is 0 Å². The summed E-state index contributed by atoms with van der Waals surface area (Å²) in [7, 11) is 0. The Morgan fingerprint density at radius 2 is 2.55 bits per heavy atom. The summed E-state index contributed by atoms with van der Waals surface area (Å²) in [6.07, 6.45) is 1.81. The van der Waals surface area contributed by atoms with Gasteiger partial charge in [0.05, 0.1) is 6.42 Å². The van der Waals surface area contributed by atoms with E-state index < -0.39 is 0 Å². The van der Waals surface area contributed by atoms with Crippen LogP contribution in [0.15, 0.2) is 6.20 Å². The molecule has 0 aliphatic carbocycles. The highest BCUT2D eigenvalue weighted by molar-refractivity contribution is 7.15. The maximum Gasteiger partial charge on any atom is 0.239 e. The lowest BCUT2D eigenvalue weighted by Crippen LogP contribution is -2.31. The summed E-state index contributed by atoms with van der Waals surface area (Å²) < 4.78 is 0. The van der Waals surface area contributed by atoms with E-state index in [1.807, 2.05) is 5.43 Å². The Hall–Kier alpha value is -1.14. The van der Waals surface area contributed by atoms with Crippen molar-refractivity contribution in [2.45, 2.75) is 6.42 Å². The first-order valence-corrected chi connectivity index (χ1v) is 3.73. The SMILES string of the molecule is NNC(=O)Cc1cnc(N)s1. The predicted octanol–water partition coefficient (Wildman–Crippen LogP) is -0.742. The zero-order valence-corrected chi connectivity index (χ0v) is 6.52. The summed E-state index contributed by atoms with van der Waals surface area (Å²) in [6.45, 7) is 0. The van der Waals surface area contributed by atoms with Crippen molar-refractivity contribution < 1.29 is 4.79 Å². The third kappa shape index (κ3) is 2.17. The smallest absolute Gasteiger partial charge is 0.239 e. The van der Waals surface area contributed by atoms with E-state index in [0.29, 0.717) is 5.13 Å². The molecule has 1 aromatic heterocycles. The van der Waals surface area contributed by atoms with Gasteiger partial charge in [0, 0.05) is 11.1 Å². The first kappa shape index (κ1) is 7.96. The van der Waals surface area contributed by atoms with Crippen molar-refractivity contribution in [1.82, 2.24) is 10.4 Å². The molecule has 1 rings (SSSR count). The summed E-state index contributed by atoms with van der Waals surface area (Å²) >= 11 is 1.28. The van der Waals surface area contributed by atoms with E-state index in [0.717, 1.165) is 4.88 Å². The molecule has 5 nitrogen and oxygen atoms in total. The second-order valence-electron chi connectivity index (χ2n) is 1.91. The molecule has 1 heterocycles. The highest BCUT2D eigenvalue weighted by Crippen LogP contribution is 2.14. The van der Waals surface area contributed by atoms with Crippen LogP contribution < -0.4 is 17.0 Å². The van der Waals surface area contributed by atoms with Crippen LogP contribution in [0.25, 0.3) is 0 Å². The van der Waals surface area contributed by atoms with Crippen molar-refractivity contribution in [3.05, 3.63) is 11.1 Å². The number of nitrogens with one attached hydrogen (secondary N) is 1. The monoisotopic (exact) mass is 172 g/mol. The number of nitrogens with two attached hydrogens (primary N) is 2. The number of aromatic nitrogens is 1. The number of nitrogen functional groups attached to an aromatic ring is 1. The van der Waals surface area contributed by atoms with Crippen LogP contribution in [-0.4, -0.2) is 10.9 Å². The number of carbonyl (C=O) groups excluding carboxylic acids is 1. The summed E-state index contributed by atoms with van der Waals surface area (Å²) in [5.74, 6) is 4.64. The van der Waals surface area contributed by atoms with E-state index in [4.69, 9.17) is 11.6 Å². The fraction of sp³-hybridized carbons (Fsp3) is 0.200. The van der Waals surface area contributed by atoms with Crippen LogP contribution in [0.5, 0.6) is 0 Å². The number of hydrazine groups is 1. The zero-order valence-electron chi connectivity index (χ0n) is 5.70. The van der Waals surface area contributed by atoms with Gasteiger partial charge in [-0.25, -0.2) is 10.8 Å². The first-order chi connectivity index (χ1) is 5.22. The maximum absolute atomic E-state index is 10.7. The van der Waals surface area contributed by atoms with Gasteiger partial charge in [0.15, 0.2) is 5.13 Å². The zero-order chi connectivity index (χ0) is 8.27. The fourth-order valence-electron chi connectivity index (χ4n) is 0.614. The number of nitrogens with zero attached hydrogens (tertiary/aromatic N) is 1. The summed E-state index contributed by atoms with van der Waals surface area (Å²) in [4.78, 5) is 15.3. The van der Waals surface area contributed by atoms with Crippen LogP contribution in [0.3, 0.4) is 0 Å². The molecule has 0 saturated heterocycles. The second-order valence-corrected chi connectivity index (χ2v) is 3.06. The van der Waals surface area contributed by atoms with Gasteiger partial charge in [-0.1, -0.05) is 0 Å². The van der Waals surface area contributed by atoms with E-state index in [2.05, 4.69) is 4.98 Å². The number of thiazole rings is 1. The average molecular weight is 172 g/mol. The molecule has 0 saturated carbocycles. The van der Waals surface area contributed by atoms with Crippen LogP contribution in [0, 0.1) is 0 Å². The number of hydrogen-bond acceptors (Lipinski definition) is 5. The Labute approximate surface area is 67.4 Å². The van der Waals surface area contributed by atoms with Gasteiger partial charge in [-0.2, -0.15) is 0 Å². The molecule has 0 atom stereocenters. The molecule has 6 heteroatoms. The molecule has 1 aromatic rings. The molecule has 1 amide bonds. The van der Waals surface area contributed by atoms with Crippen LogP contribution in [0.1, 0.15) is 4.88 Å². The van der Waals surface area contributed by atoms with E-state index in [9.17, 15) is 4.79 Å². The van der Waals surface area contributed by atoms with Gasteiger partial charge in [0.1, 0.15) is 0 Å². The van der Waals surface area contributed by atoms with Crippen LogP contribution in [0.2, 0.25) is 0 Å². The Kier molecular flexibility index (Phi) is 2.40. The highest BCUT2D eigenvalue weighted by atomic mass is 32.1. The minimum atomic E-state index is -0.242. The summed E-state index contributed by atoms with van der Waals surface area (Å²) in [6, 6.07) is 0. The van der Waals surface area contributed by atoms with E-state index in [-0.39, 0.29) is 12.3 Å². The van der Waals surface area contributed by atoms with Gasteiger partial charge >= 0.3 is 0 Å². The van der Waals surface area contributed by atoms with Crippen LogP contribution in [-0.2, 0) is 11.2 Å². The molecule has 0 radical (unpaired) electrons. The Morgan fingerprint density at radius 1 is 1.82 bits per heavy atom. The van der Waals surface area contributed by atoms with Crippen molar-refractivity contribution in [3.63, 3.8) is 0 Å². The Morgan fingerprint density at radius 3 is 3.00 bits per heavy atom. The molecule has 0 fully saturated rings. The highest BCUT2D eigenvalue weighted by Gasteiger charge is 2.03. The molecule has 0 spiro atoms. The van der Waals surface area contributed by atoms with Gasteiger partial charge in [0.25, 0.3) is 0 Å². The Bertz CT molecular complexity index is 259. The van der Waals surface area contributed by atoms with Crippen molar-refractivity contribution in [2.75, 3.05) is 5.73 Å². The second kappa shape index (κ2) is 3.31. The molecular weight excluding hydrogens is 164 g/mol. The van der Waals surface area contributed by atoms with E-state index in [1.54, 1.807) is 6.20 Å². The molecular formula is C5H8N4OS. The summed E-state index contributed by atoms with van der Waals surface area (Å²) in [5.41, 5.74) is 7.36. The number of hydrogen-bond donors (Lipinski definition) is 3. The Balaban J connectivity index is 2.57. The molecule has 5 N–H and O–H groups in total. The molecule has 0 aliphatic rings. The molecule has 0 unspecified atom stereocenters. The van der Waals surface area contributed by atoms with E-state index in [1.165, 1.54) is 11.3 Å². The van der Waals surface area contributed by atoms with Crippen molar-refractivity contribution >= 4 is 22.4 Å². The normalized spacial score (nSPS) is 9.55. The van der Waals surface area contributed by atoms with Gasteiger partial charge in [-0.15, -0.1) is 11.3 Å². The lowest BCUT2D eigenvalue weighted by Gasteiger charge is -1.93. The molecule has 0 bridgehead atoms. The largest absolute Gasteiger partial charge is 0.375 e. The number of amides is 1. The number of anilines is 1. The summed E-state index contributed by atoms with van der Waals surface area (Å²) in [5, 5.41) is 0.463. The third-order valence-corrected chi connectivity index (χ3v) is 1.89. The van der Waals surface area contributed by atoms with E-state index >= 15 is 0 Å². The minimum absolute atomic E-state index is 0.241. The average Bonchev–Trinajstić information content (AvgIpc) is 2.35. The van der Waals surface area contributed by atoms with Crippen LogP contribution >= 0.6 is 11.3 Å². The van der Waals surface area contributed by atoms with Crippen molar-refractivity contribution in [2.24, 2.45) is 5.84 Å². The quantitative estimate of drug-likeness (QED) is 0.311. The molecule has 0 aliphatic heterocycles. The van der Waals surface area contributed by atoms with Gasteiger partial charge in [-0.3, -0.25) is 10.2 Å². The predicted molar refractivity (Wildman–Crippen MR) is 42.6 cm³/mol. The van der Waals surface area contributed by atoms with Crippen molar-refractivity contribution in [3.8, 4) is 0 Å². The third-order valence-electron chi connectivity index (χ3n) is 1.07. The lowest BCUT2D eigenvalue weighted by molar-refractivity contribution is -0.120. The fourth-order valence-corrected chi connectivity index (χ4v) is 1.30. The lowest BCUT2D eigenvalue weighted by atomic mass is 10.4. The topological polar surface area (TPSA) is 94.0 Å². The minimum Gasteiger partial charge on any atom is -0.375 e. The number of carbonyl (C=O) groups is 1. The van der Waals surface area contributed by atoms with Gasteiger partial charge < -0.3 is 5.73 Å². The maximum atomic E-state index is 10.7. The van der Waals surface area contributed by atoms with Crippen LogP contribution in [0.4, 0.5) is 5.13 Å². The van der Waals surface area contributed by atoms with Gasteiger partial charge in [-0.05, 0) is 0 Å². The molecule has 60 valence electrons. The first-order valence-electron chi connectivity index (χ1n) is 2.92. The van der Waals surface area contributed by atoms with Gasteiger partial charge in [0.2, 0.25) is 5.91 Å². The molecule has 0 aromatic carbocycles. The standard InChI is InChI=1S/C5H8N4OS/c6-5-8-2-3(11-5)1-4(10)9-7/h2H,1,7H2,(H2,6,8)(H,9,10).